The van der Waals surface area contributed by atoms with Crippen LogP contribution < -0.4 is 10.5 Å². The SMILES string of the molecule is CC(C)(C)CC(N)CC(=O)c1ccccc1OC(F)(F)F. The van der Waals surface area contributed by atoms with Crippen LogP contribution >= 0.6 is 0 Å². The van der Waals surface area contributed by atoms with E-state index in [1.54, 1.807) is 0 Å². The molecule has 0 amide bonds. The molecule has 0 aliphatic rings. The van der Waals surface area contributed by atoms with Crippen LogP contribution in [0.3, 0.4) is 0 Å². The molecule has 0 radical (unpaired) electrons. The predicted molar refractivity (Wildman–Crippen MR) is 74.1 cm³/mol. The fourth-order valence-electron chi connectivity index (χ4n) is 2.12. The lowest BCUT2D eigenvalue weighted by Gasteiger charge is -2.23. The number of carbonyl (C=O) groups is 1. The summed E-state index contributed by atoms with van der Waals surface area (Å²) in [5.74, 6) is -0.940. The highest BCUT2D eigenvalue weighted by atomic mass is 19.4. The smallest absolute Gasteiger partial charge is 0.405 e. The highest BCUT2D eigenvalue weighted by Gasteiger charge is 2.33. The van der Waals surface area contributed by atoms with Crippen LogP contribution in [0.25, 0.3) is 0 Å². The van der Waals surface area contributed by atoms with Crippen molar-refractivity contribution in [3.05, 3.63) is 29.8 Å². The number of rotatable bonds is 5. The van der Waals surface area contributed by atoms with Crippen molar-refractivity contribution in [2.45, 2.75) is 46.0 Å². The van der Waals surface area contributed by atoms with Crippen LogP contribution in [0.4, 0.5) is 13.2 Å². The first-order valence-electron chi connectivity index (χ1n) is 6.61. The third-order valence-corrected chi connectivity index (χ3v) is 2.74. The third-order valence-electron chi connectivity index (χ3n) is 2.74. The van der Waals surface area contributed by atoms with E-state index >= 15 is 0 Å². The van der Waals surface area contributed by atoms with Crippen LogP contribution in [0, 0.1) is 5.41 Å². The van der Waals surface area contributed by atoms with Crippen molar-refractivity contribution >= 4 is 5.78 Å². The van der Waals surface area contributed by atoms with Crippen LogP contribution in [0.1, 0.15) is 44.0 Å². The Bertz CT molecular complexity index is 492. The van der Waals surface area contributed by atoms with Crippen molar-refractivity contribution < 1.29 is 22.7 Å². The summed E-state index contributed by atoms with van der Waals surface area (Å²) in [6, 6.07) is 4.90. The van der Waals surface area contributed by atoms with E-state index in [-0.39, 0.29) is 17.4 Å². The maximum atomic E-state index is 12.3. The molecule has 6 heteroatoms. The first kappa shape index (κ1) is 17.5. The molecule has 0 heterocycles. The fourth-order valence-corrected chi connectivity index (χ4v) is 2.12. The number of benzene rings is 1. The molecule has 1 aromatic carbocycles. The van der Waals surface area contributed by atoms with E-state index in [2.05, 4.69) is 4.74 Å². The highest BCUT2D eigenvalue weighted by molar-refractivity contribution is 5.99. The van der Waals surface area contributed by atoms with Gasteiger partial charge in [-0.05, 0) is 24.0 Å². The molecule has 2 N–H and O–H groups in total. The van der Waals surface area contributed by atoms with Gasteiger partial charge in [0.25, 0.3) is 0 Å². The van der Waals surface area contributed by atoms with Crippen molar-refractivity contribution in [2.24, 2.45) is 11.1 Å². The molecule has 1 unspecified atom stereocenters. The quantitative estimate of drug-likeness (QED) is 0.839. The van der Waals surface area contributed by atoms with Gasteiger partial charge in [0.05, 0.1) is 5.56 Å². The number of halogens is 3. The molecule has 21 heavy (non-hydrogen) atoms. The lowest BCUT2D eigenvalue weighted by molar-refractivity contribution is -0.274. The van der Waals surface area contributed by atoms with Crippen molar-refractivity contribution in [1.82, 2.24) is 0 Å². The molecule has 118 valence electrons. The van der Waals surface area contributed by atoms with Gasteiger partial charge in [-0.1, -0.05) is 32.9 Å². The van der Waals surface area contributed by atoms with Gasteiger partial charge in [0, 0.05) is 12.5 Å². The largest absolute Gasteiger partial charge is 0.573 e. The van der Waals surface area contributed by atoms with E-state index in [0.717, 1.165) is 6.07 Å². The molecule has 0 bridgehead atoms. The Morgan fingerprint density at radius 2 is 1.81 bits per heavy atom. The monoisotopic (exact) mass is 303 g/mol. The normalized spacial score (nSPS) is 13.9. The number of nitrogens with two attached hydrogens (primary N) is 1. The standard InChI is InChI=1S/C15H20F3NO2/c1-14(2,3)9-10(19)8-12(20)11-6-4-5-7-13(11)21-15(16,17)18/h4-7,10H,8-9,19H2,1-3H3. The summed E-state index contributed by atoms with van der Waals surface area (Å²) in [6.45, 7) is 5.95. The van der Waals surface area contributed by atoms with Gasteiger partial charge in [0.15, 0.2) is 5.78 Å². The van der Waals surface area contributed by atoms with Gasteiger partial charge in [-0.25, -0.2) is 0 Å². The Hall–Kier alpha value is -1.56. The van der Waals surface area contributed by atoms with E-state index in [9.17, 15) is 18.0 Å². The maximum absolute atomic E-state index is 12.3. The summed E-state index contributed by atoms with van der Waals surface area (Å²) >= 11 is 0. The van der Waals surface area contributed by atoms with E-state index < -0.39 is 23.9 Å². The number of hydrogen-bond donors (Lipinski definition) is 1. The Morgan fingerprint density at radius 3 is 2.33 bits per heavy atom. The van der Waals surface area contributed by atoms with Crippen molar-refractivity contribution in [3.63, 3.8) is 0 Å². The van der Waals surface area contributed by atoms with E-state index in [1.165, 1.54) is 18.2 Å². The molecule has 0 spiro atoms. The number of Topliss-reactive ketones (excluding diaryl/α,β-unsaturated/α-hetero) is 1. The number of hydrogen-bond acceptors (Lipinski definition) is 3. The average Bonchev–Trinajstić information content (AvgIpc) is 2.24. The molecule has 3 nitrogen and oxygen atoms in total. The number of ether oxygens (including phenoxy) is 1. The highest BCUT2D eigenvalue weighted by Crippen LogP contribution is 2.28. The van der Waals surface area contributed by atoms with Gasteiger partial charge in [0.1, 0.15) is 5.75 Å². The Labute approximate surface area is 122 Å². The van der Waals surface area contributed by atoms with E-state index in [1.807, 2.05) is 20.8 Å². The number of carbonyl (C=O) groups excluding carboxylic acids is 1. The zero-order chi connectivity index (χ0) is 16.3. The van der Waals surface area contributed by atoms with Gasteiger partial charge in [-0.2, -0.15) is 0 Å². The van der Waals surface area contributed by atoms with E-state index in [0.29, 0.717) is 6.42 Å². The lowest BCUT2D eigenvalue weighted by Crippen LogP contribution is -2.29. The Kier molecular flexibility index (Phi) is 5.39. The molecule has 0 saturated heterocycles. The van der Waals surface area contributed by atoms with Crippen molar-refractivity contribution in [2.75, 3.05) is 0 Å². The summed E-state index contributed by atoms with van der Waals surface area (Å²) in [6.07, 6.45) is -4.25. The van der Waals surface area contributed by atoms with Gasteiger partial charge >= 0.3 is 6.36 Å². The summed E-state index contributed by atoms with van der Waals surface area (Å²) in [7, 11) is 0. The minimum atomic E-state index is -4.83. The average molecular weight is 303 g/mol. The first-order chi connectivity index (χ1) is 9.48. The van der Waals surface area contributed by atoms with Crippen LogP contribution in [-0.2, 0) is 0 Å². The zero-order valence-electron chi connectivity index (χ0n) is 12.3. The van der Waals surface area contributed by atoms with Crippen molar-refractivity contribution in [3.8, 4) is 5.75 Å². The molecule has 0 saturated carbocycles. The van der Waals surface area contributed by atoms with Gasteiger partial charge in [-0.3, -0.25) is 4.79 Å². The molecule has 1 rings (SSSR count). The summed E-state index contributed by atoms with van der Waals surface area (Å²) in [4.78, 5) is 12.1. The first-order valence-corrected chi connectivity index (χ1v) is 6.61. The molecular formula is C15H20F3NO2. The van der Waals surface area contributed by atoms with Crippen molar-refractivity contribution in [1.29, 1.82) is 0 Å². The van der Waals surface area contributed by atoms with Crippen LogP contribution in [-0.4, -0.2) is 18.2 Å². The molecule has 0 fully saturated rings. The maximum Gasteiger partial charge on any atom is 0.573 e. The number of alkyl halides is 3. The Balaban J connectivity index is 2.83. The second-order valence-electron chi connectivity index (χ2n) is 6.20. The molecular weight excluding hydrogens is 283 g/mol. The molecule has 0 aliphatic carbocycles. The molecule has 0 aromatic heterocycles. The molecule has 0 aliphatic heterocycles. The topological polar surface area (TPSA) is 52.3 Å². The van der Waals surface area contributed by atoms with E-state index in [4.69, 9.17) is 5.73 Å². The van der Waals surface area contributed by atoms with Crippen LogP contribution in [0.15, 0.2) is 24.3 Å². The van der Waals surface area contributed by atoms with Crippen LogP contribution in [0.2, 0.25) is 0 Å². The molecule has 1 aromatic rings. The summed E-state index contributed by atoms with van der Waals surface area (Å²) < 4.78 is 40.8. The summed E-state index contributed by atoms with van der Waals surface area (Å²) in [5.41, 5.74) is 5.74. The minimum Gasteiger partial charge on any atom is -0.405 e. The van der Waals surface area contributed by atoms with Crippen LogP contribution in [0.5, 0.6) is 5.75 Å². The third kappa shape index (κ3) is 6.62. The number of para-hydroxylation sites is 1. The van der Waals surface area contributed by atoms with Gasteiger partial charge in [-0.15, -0.1) is 13.2 Å². The summed E-state index contributed by atoms with van der Waals surface area (Å²) in [5, 5.41) is 0. The second-order valence-corrected chi connectivity index (χ2v) is 6.20. The van der Waals surface area contributed by atoms with Gasteiger partial charge in [0.2, 0.25) is 0 Å². The molecule has 1 atom stereocenters. The predicted octanol–water partition coefficient (Wildman–Crippen LogP) is 3.92. The minimum absolute atomic E-state index is 0.0184. The zero-order valence-corrected chi connectivity index (χ0v) is 12.3. The van der Waals surface area contributed by atoms with Gasteiger partial charge < -0.3 is 10.5 Å². The number of ketones is 1. The Morgan fingerprint density at radius 1 is 1.24 bits per heavy atom. The second kappa shape index (κ2) is 6.47. The lowest BCUT2D eigenvalue weighted by atomic mass is 9.86. The fraction of sp³-hybridized carbons (Fsp3) is 0.533.